The summed E-state index contributed by atoms with van der Waals surface area (Å²) in [6, 6.07) is 0. The second-order valence-electron chi connectivity index (χ2n) is 15.2. The minimum absolute atomic E-state index is 0.0257. The Kier molecular flexibility index (Phi) is 39.2. The number of unbranched alkanes of at least 4 members (excludes halogenated alkanes) is 33. The van der Waals surface area contributed by atoms with Crippen molar-refractivity contribution < 1.29 is 9.53 Å². The first-order chi connectivity index (χ1) is 22.2. The predicted molar refractivity (Wildman–Crippen MR) is 202 cm³/mol. The summed E-state index contributed by atoms with van der Waals surface area (Å²) in [7, 11) is 0. The predicted octanol–water partition coefficient (Wildman–Crippen LogP) is 15.6. The normalized spacial score (nSPS) is 11.6. The van der Waals surface area contributed by atoms with Crippen molar-refractivity contribution in [3.8, 4) is 0 Å². The molecule has 0 aromatic heterocycles. The van der Waals surface area contributed by atoms with Gasteiger partial charge >= 0.3 is 5.97 Å². The van der Waals surface area contributed by atoms with Crippen molar-refractivity contribution in [2.24, 2.45) is 5.92 Å². The van der Waals surface area contributed by atoms with Crippen LogP contribution in [0.2, 0.25) is 0 Å². The highest BCUT2D eigenvalue weighted by Crippen LogP contribution is 2.17. The van der Waals surface area contributed by atoms with Gasteiger partial charge in [0.15, 0.2) is 0 Å². The average molecular weight is 635 g/mol. The van der Waals surface area contributed by atoms with E-state index < -0.39 is 0 Å². The van der Waals surface area contributed by atoms with E-state index in [1.165, 1.54) is 218 Å². The summed E-state index contributed by atoms with van der Waals surface area (Å²) in [5.41, 5.74) is 0. The van der Waals surface area contributed by atoms with E-state index in [-0.39, 0.29) is 5.97 Å². The summed E-state index contributed by atoms with van der Waals surface area (Å²) in [5, 5.41) is 0. The number of hydrogen-bond acceptors (Lipinski definition) is 2. The average Bonchev–Trinajstić information content (AvgIpc) is 3.03. The summed E-state index contributed by atoms with van der Waals surface area (Å²) in [6.45, 7) is 7.59. The number of carbonyl (C=O) groups is 1. The number of ether oxygens (including phenoxy) is 1. The Bertz CT molecular complexity index is 542. The van der Waals surface area contributed by atoms with Gasteiger partial charge in [-0.3, -0.25) is 4.79 Å². The zero-order valence-electron chi connectivity index (χ0n) is 31.8. The van der Waals surface area contributed by atoms with Crippen molar-refractivity contribution in [3.63, 3.8) is 0 Å². The SMILES string of the molecule is CCCCCCCCCCCC(=O)OCCCCCCCCCCCCCCCCCCCCCCCCCCCCC(C)C. The molecule has 0 radical (unpaired) electrons. The fourth-order valence-corrected chi connectivity index (χ4v) is 6.74. The van der Waals surface area contributed by atoms with Crippen LogP contribution < -0.4 is 0 Å². The van der Waals surface area contributed by atoms with E-state index in [4.69, 9.17) is 4.74 Å². The molecule has 0 unspecified atom stereocenters. The molecule has 0 bridgehead atoms. The van der Waals surface area contributed by atoms with Gasteiger partial charge in [0.25, 0.3) is 0 Å². The molecule has 0 aliphatic rings. The number of hydrogen-bond donors (Lipinski definition) is 0. The molecule has 0 spiro atoms. The van der Waals surface area contributed by atoms with Crippen LogP contribution in [0.15, 0.2) is 0 Å². The largest absolute Gasteiger partial charge is 0.466 e. The Hall–Kier alpha value is -0.530. The highest BCUT2D eigenvalue weighted by atomic mass is 16.5. The van der Waals surface area contributed by atoms with Crippen LogP contribution in [0.25, 0.3) is 0 Å². The van der Waals surface area contributed by atoms with E-state index in [2.05, 4.69) is 20.8 Å². The van der Waals surface area contributed by atoms with Crippen LogP contribution in [0.1, 0.15) is 258 Å². The van der Waals surface area contributed by atoms with E-state index in [0.29, 0.717) is 13.0 Å². The van der Waals surface area contributed by atoms with Gasteiger partial charge in [0.2, 0.25) is 0 Å². The molecule has 0 fully saturated rings. The molecule has 0 aromatic rings. The molecule has 270 valence electrons. The zero-order chi connectivity index (χ0) is 32.7. The molecule has 2 heteroatoms. The van der Waals surface area contributed by atoms with Crippen LogP contribution in [0.5, 0.6) is 0 Å². The lowest BCUT2D eigenvalue weighted by atomic mass is 10.0. The highest BCUT2D eigenvalue weighted by molar-refractivity contribution is 5.69. The molecule has 0 saturated carbocycles. The first-order valence-corrected chi connectivity index (χ1v) is 21.3. The molecule has 0 heterocycles. The van der Waals surface area contributed by atoms with Crippen LogP contribution in [0.3, 0.4) is 0 Å². The highest BCUT2D eigenvalue weighted by Gasteiger charge is 2.03. The van der Waals surface area contributed by atoms with Crippen molar-refractivity contribution in [2.75, 3.05) is 6.61 Å². The number of carbonyl (C=O) groups excluding carboxylic acids is 1. The third-order valence-corrected chi connectivity index (χ3v) is 9.92. The Morgan fingerprint density at radius 2 is 0.644 bits per heavy atom. The quantitative estimate of drug-likeness (QED) is 0.0497. The maximum atomic E-state index is 11.9. The molecule has 2 nitrogen and oxygen atoms in total. The molecular formula is C43H86O2. The van der Waals surface area contributed by atoms with Crippen LogP contribution in [0, 0.1) is 5.92 Å². The Morgan fingerprint density at radius 3 is 0.956 bits per heavy atom. The molecule has 0 atom stereocenters. The van der Waals surface area contributed by atoms with Crippen LogP contribution in [-0.4, -0.2) is 12.6 Å². The standard InChI is InChI=1S/C43H86O2/c1-4-5-6-7-8-27-31-34-37-40-43(44)45-41-38-35-32-29-26-24-22-20-18-16-14-12-10-9-11-13-15-17-19-21-23-25-28-30-33-36-39-42(2)3/h42H,4-41H2,1-3H3. The van der Waals surface area contributed by atoms with Gasteiger partial charge in [0.1, 0.15) is 0 Å². The fraction of sp³-hybridized carbons (Fsp3) is 0.977. The van der Waals surface area contributed by atoms with Crippen molar-refractivity contribution in [3.05, 3.63) is 0 Å². The summed E-state index contributed by atoms with van der Waals surface area (Å²) < 4.78 is 5.44. The maximum Gasteiger partial charge on any atom is 0.305 e. The fourth-order valence-electron chi connectivity index (χ4n) is 6.74. The van der Waals surface area contributed by atoms with Gasteiger partial charge in [-0.2, -0.15) is 0 Å². The van der Waals surface area contributed by atoms with Crippen molar-refractivity contribution in [2.45, 2.75) is 258 Å². The monoisotopic (exact) mass is 635 g/mol. The van der Waals surface area contributed by atoms with Gasteiger partial charge in [0.05, 0.1) is 6.61 Å². The van der Waals surface area contributed by atoms with E-state index in [1.54, 1.807) is 0 Å². The number of rotatable bonds is 39. The maximum absolute atomic E-state index is 11.9. The molecule has 0 aliphatic carbocycles. The Morgan fingerprint density at radius 1 is 0.378 bits per heavy atom. The molecule has 0 aliphatic heterocycles. The lowest BCUT2D eigenvalue weighted by molar-refractivity contribution is -0.143. The second kappa shape index (κ2) is 39.6. The third-order valence-electron chi connectivity index (χ3n) is 9.92. The van der Waals surface area contributed by atoms with Crippen LogP contribution in [-0.2, 0) is 9.53 Å². The first kappa shape index (κ1) is 44.5. The lowest BCUT2D eigenvalue weighted by Crippen LogP contribution is -2.05. The Balaban J connectivity index is 3.11. The summed E-state index contributed by atoms with van der Waals surface area (Å²) in [4.78, 5) is 11.9. The van der Waals surface area contributed by atoms with Gasteiger partial charge in [0, 0.05) is 6.42 Å². The number of esters is 1. The summed E-state index contributed by atoms with van der Waals surface area (Å²) in [5.74, 6) is 0.914. The minimum atomic E-state index is 0.0257. The zero-order valence-corrected chi connectivity index (χ0v) is 31.8. The van der Waals surface area contributed by atoms with Gasteiger partial charge in [-0.25, -0.2) is 0 Å². The Labute approximate surface area is 285 Å². The van der Waals surface area contributed by atoms with Gasteiger partial charge in [-0.15, -0.1) is 0 Å². The van der Waals surface area contributed by atoms with Gasteiger partial charge in [-0.05, 0) is 18.8 Å². The molecule has 45 heavy (non-hydrogen) atoms. The summed E-state index contributed by atoms with van der Waals surface area (Å²) >= 11 is 0. The van der Waals surface area contributed by atoms with Crippen LogP contribution >= 0.6 is 0 Å². The third kappa shape index (κ3) is 41.4. The summed E-state index contributed by atoms with van der Waals surface area (Å²) in [6.07, 6.45) is 50.7. The molecule has 0 rings (SSSR count). The first-order valence-electron chi connectivity index (χ1n) is 21.3. The molecular weight excluding hydrogens is 548 g/mol. The topological polar surface area (TPSA) is 26.3 Å². The van der Waals surface area contributed by atoms with E-state index in [0.717, 1.165) is 18.8 Å². The van der Waals surface area contributed by atoms with E-state index >= 15 is 0 Å². The van der Waals surface area contributed by atoms with Gasteiger partial charge < -0.3 is 4.74 Å². The molecule has 0 saturated heterocycles. The van der Waals surface area contributed by atoms with E-state index in [1.807, 2.05) is 0 Å². The van der Waals surface area contributed by atoms with Crippen molar-refractivity contribution >= 4 is 5.97 Å². The smallest absolute Gasteiger partial charge is 0.305 e. The second-order valence-corrected chi connectivity index (χ2v) is 15.2. The van der Waals surface area contributed by atoms with Crippen molar-refractivity contribution in [1.29, 1.82) is 0 Å². The minimum Gasteiger partial charge on any atom is -0.466 e. The molecule has 0 amide bonds. The lowest BCUT2D eigenvalue weighted by Gasteiger charge is -2.06. The van der Waals surface area contributed by atoms with Crippen molar-refractivity contribution in [1.82, 2.24) is 0 Å². The molecule has 0 N–H and O–H groups in total. The van der Waals surface area contributed by atoms with Gasteiger partial charge in [-0.1, -0.05) is 239 Å². The molecule has 0 aromatic carbocycles. The van der Waals surface area contributed by atoms with E-state index in [9.17, 15) is 4.79 Å². The van der Waals surface area contributed by atoms with Crippen LogP contribution in [0.4, 0.5) is 0 Å².